The van der Waals surface area contributed by atoms with Crippen LogP contribution in [0.25, 0.3) is 16.8 Å². The Bertz CT molecular complexity index is 1000. The monoisotopic (exact) mass is 419 g/mol. The fourth-order valence-corrected chi connectivity index (χ4v) is 4.72. The number of ether oxygens (including phenoxy) is 1. The van der Waals surface area contributed by atoms with Crippen LogP contribution in [0.4, 0.5) is 5.69 Å². The van der Waals surface area contributed by atoms with E-state index >= 15 is 0 Å². The number of hydrogen-bond acceptors (Lipinski definition) is 2. The average Bonchev–Trinajstić information content (AvgIpc) is 2.74. The molecule has 1 fully saturated rings. The molecule has 1 saturated heterocycles. The van der Waals surface area contributed by atoms with Crippen LogP contribution in [0.2, 0.25) is 0 Å². The van der Waals surface area contributed by atoms with Gasteiger partial charge in [0.1, 0.15) is 11.9 Å². The first kappa shape index (κ1) is 16.9. The summed E-state index contributed by atoms with van der Waals surface area (Å²) in [6.07, 6.45) is 8.29. The van der Waals surface area contributed by atoms with Gasteiger partial charge in [0.2, 0.25) is 0 Å². The van der Waals surface area contributed by atoms with Gasteiger partial charge in [-0.3, -0.25) is 0 Å². The number of anilines is 1. The molecular weight excluding hydrogens is 398 g/mol. The van der Waals surface area contributed by atoms with Gasteiger partial charge in [-0.15, -0.1) is 0 Å². The number of benzene rings is 3. The minimum Gasteiger partial charge on any atom is -0.481 e. The number of piperidine rings is 1. The minimum absolute atomic E-state index is 0.0408. The van der Waals surface area contributed by atoms with E-state index in [2.05, 4.69) is 87.6 Å². The van der Waals surface area contributed by atoms with Gasteiger partial charge in [-0.1, -0.05) is 58.4 Å². The Hall–Kier alpha value is -2.26. The summed E-state index contributed by atoms with van der Waals surface area (Å²) in [6.45, 7) is 2.35. The second kappa shape index (κ2) is 7.05. The van der Waals surface area contributed by atoms with Gasteiger partial charge in [-0.25, -0.2) is 0 Å². The van der Waals surface area contributed by atoms with E-state index in [0.717, 1.165) is 15.8 Å². The van der Waals surface area contributed by atoms with Gasteiger partial charge in [-0.2, -0.15) is 0 Å². The third kappa shape index (κ3) is 3.14. The highest BCUT2D eigenvalue weighted by molar-refractivity contribution is 9.10. The second-order valence-corrected chi connectivity index (χ2v) is 8.21. The van der Waals surface area contributed by atoms with Crippen molar-refractivity contribution in [3.05, 3.63) is 76.3 Å². The van der Waals surface area contributed by atoms with Gasteiger partial charge in [0.15, 0.2) is 0 Å². The maximum atomic E-state index is 6.36. The van der Waals surface area contributed by atoms with E-state index in [1.807, 2.05) is 0 Å². The number of halogens is 1. The first-order chi connectivity index (χ1) is 13.3. The predicted octanol–water partition coefficient (Wildman–Crippen LogP) is 6.74. The second-order valence-electron chi connectivity index (χ2n) is 7.35. The van der Waals surface area contributed by atoms with Crippen molar-refractivity contribution >= 4 is 38.5 Å². The normalized spacial score (nSPS) is 19.0. The number of hydrogen-bond donors (Lipinski definition) is 0. The molecule has 0 spiro atoms. The molecule has 3 aromatic carbocycles. The largest absolute Gasteiger partial charge is 0.481 e. The van der Waals surface area contributed by atoms with Crippen LogP contribution in [0.15, 0.2) is 65.1 Å². The van der Waals surface area contributed by atoms with Crippen LogP contribution >= 0.6 is 15.9 Å². The van der Waals surface area contributed by atoms with Crippen LogP contribution in [-0.2, 0) is 0 Å². The molecule has 1 unspecified atom stereocenters. The van der Waals surface area contributed by atoms with Gasteiger partial charge in [0.25, 0.3) is 0 Å². The molecule has 0 N–H and O–H groups in total. The van der Waals surface area contributed by atoms with Crippen LogP contribution < -0.4 is 9.64 Å². The SMILES string of the molecule is Brc1cc2c(c3ccccc13)C=CC(c1ccc(N3CCCCC3)cc1)O2. The number of nitrogens with zero attached hydrogens (tertiary/aromatic N) is 1. The molecule has 5 rings (SSSR count). The van der Waals surface area contributed by atoms with Crippen molar-refractivity contribution in [2.24, 2.45) is 0 Å². The smallest absolute Gasteiger partial charge is 0.142 e. The van der Waals surface area contributed by atoms with E-state index in [0.29, 0.717) is 0 Å². The molecule has 2 aliphatic heterocycles. The van der Waals surface area contributed by atoms with Crippen molar-refractivity contribution in [3.8, 4) is 5.75 Å². The van der Waals surface area contributed by atoms with Crippen molar-refractivity contribution in [1.82, 2.24) is 0 Å². The molecule has 2 aliphatic rings. The molecule has 3 heteroatoms. The lowest BCUT2D eigenvalue weighted by molar-refractivity contribution is 0.252. The van der Waals surface area contributed by atoms with E-state index in [4.69, 9.17) is 4.74 Å². The van der Waals surface area contributed by atoms with E-state index in [9.17, 15) is 0 Å². The topological polar surface area (TPSA) is 12.5 Å². The van der Waals surface area contributed by atoms with Gasteiger partial charge in [0, 0.05) is 28.8 Å². The average molecular weight is 420 g/mol. The van der Waals surface area contributed by atoms with Crippen molar-refractivity contribution in [2.75, 3.05) is 18.0 Å². The molecule has 2 heterocycles. The molecule has 0 radical (unpaired) electrons. The molecular formula is C24H22BrNO. The molecule has 0 saturated carbocycles. The van der Waals surface area contributed by atoms with E-state index in [1.165, 1.54) is 54.4 Å². The predicted molar refractivity (Wildman–Crippen MR) is 117 cm³/mol. The summed E-state index contributed by atoms with van der Waals surface area (Å²) < 4.78 is 7.44. The van der Waals surface area contributed by atoms with Gasteiger partial charge in [-0.05, 0) is 59.9 Å². The van der Waals surface area contributed by atoms with E-state index < -0.39 is 0 Å². The molecule has 0 aliphatic carbocycles. The highest BCUT2D eigenvalue weighted by atomic mass is 79.9. The fraction of sp³-hybridized carbons (Fsp3) is 0.250. The highest BCUT2D eigenvalue weighted by Crippen LogP contribution is 2.40. The summed E-state index contributed by atoms with van der Waals surface area (Å²) in [5.74, 6) is 0.938. The first-order valence-corrected chi connectivity index (χ1v) is 10.5. The molecule has 0 bridgehead atoms. The Morgan fingerprint density at radius 2 is 1.63 bits per heavy atom. The molecule has 0 aromatic heterocycles. The third-order valence-electron chi connectivity index (χ3n) is 5.63. The Labute approximate surface area is 168 Å². The van der Waals surface area contributed by atoms with E-state index in [1.54, 1.807) is 0 Å². The van der Waals surface area contributed by atoms with Gasteiger partial charge < -0.3 is 9.64 Å². The zero-order valence-electron chi connectivity index (χ0n) is 15.2. The maximum Gasteiger partial charge on any atom is 0.142 e. The minimum atomic E-state index is -0.0408. The molecule has 0 amide bonds. The van der Waals surface area contributed by atoms with Crippen molar-refractivity contribution in [2.45, 2.75) is 25.4 Å². The summed E-state index contributed by atoms with van der Waals surface area (Å²) >= 11 is 3.70. The summed E-state index contributed by atoms with van der Waals surface area (Å²) in [5, 5.41) is 2.44. The van der Waals surface area contributed by atoms with Crippen molar-refractivity contribution < 1.29 is 4.74 Å². The van der Waals surface area contributed by atoms with E-state index in [-0.39, 0.29) is 6.10 Å². The Morgan fingerprint density at radius 1 is 0.889 bits per heavy atom. The van der Waals surface area contributed by atoms with Crippen LogP contribution in [0.5, 0.6) is 5.75 Å². The lowest BCUT2D eigenvalue weighted by atomic mass is 9.98. The van der Waals surface area contributed by atoms with Crippen LogP contribution in [0.3, 0.4) is 0 Å². The van der Waals surface area contributed by atoms with Gasteiger partial charge in [0.05, 0.1) is 0 Å². The Kier molecular flexibility index (Phi) is 4.41. The zero-order valence-corrected chi connectivity index (χ0v) is 16.8. The van der Waals surface area contributed by atoms with Gasteiger partial charge >= 0.3 is 0 Å². The molecule has 2 nitrogen and oxygen atoms in total. The third-order valence-corrected chi connectivity index (χ3v) is 6.29. The standard InChI is InChI=1S/C24H22BrNO/c25-22-16-24-21(19-6-2-3-7-20(19)22)12-13-23(27-24)17-8-10-18(11-9-17)26-14-4-1-5-15-26/h2-3,6-13,16,23H,1,4-5,14-15H2. The van der Waals surface area contributed by atoms with Crippen LogP contribution in [0, 0.1) is 0 Å². The summed E-state index contributed by atoms with van der Waals surface area (Å²) in [6, 6.07) is 19.4. The summed E-state index contributed by atoms with van der Waals surface area (Å²) in [4.78, 5) is 2.49. The fourth-order valence-electron chi connectivity index (χ4n) is 4.16. The molecule has 136 valence electrons. The summed E-state index contributed by atoms with van der Waals surface area (Å²) in [5.41, 5.74) is 3.68. The molecule has 1 atom stereocenters. The van der Waals surface area contributed by atoms with Crippen LogP contribution in [-0.4, -0.2) is 13.1 Å². The highest BCUT2D eigenvalue weighted by Gasteiger charge is 2.20. The van der Waals surface area contributed by atoms with Crippen LogP contribution in [0.1, 0.15) is 36.5 Å². The summed E-state index contributed by atoms with van der Waals surface area (Å²) in [7, 11) is 0. The molecule has 3 aromatic rings. The lowest BCUT2D eigenvalue weighted by Gasteiger charge is -2.29. The number of rotatable bonds is 2. The zero-order chi connectivity index (χ0) is 18.2. The maximum absolute atomic E-state index is 6.36. The lowest BCUT2D eigenvalue weighted by Crippen LogP contribution is -2.29. The first-order valence-electron chi connectivity index (χ1n) is 9.70. The Balaban J connectivity index is 1.43. The number of fused-ring (bicyclic) bond motifs is 3. The van der Waals surface area contributed by atoms with Crippen molar-refractivity contribution in [1.29, 1.82) is 0 Å². The molecule has 27 heavy (non-hydrogen) atoms. The Morgan fingerprint density at radius 3 is 2.41 bits per heavy atom. The van der Waals surface area contributed by atoms with Crippen molar-refractivity contribution in [3.63, 3.8) is 0 Å². The quantitative estimate of drug-likeness (QED) is 0.455.